The number of thioether (sulfide) groups is 1. The van der Waals surface area contributed by atoms with Gasteiger partial charge < -0.3 is 14.6 Å². The molecule has 0 aromatic heterocycles. The van der Waals surface area contributed by atoms with Gasteiger partial charge in [-0.15, -0.1) is 0 Å². The molecule has 2 amide bonds. The van der Waals surface area contributed by atoms with E-state index >= 15 is 0 Å². The number of carbonyl (C=O) groups excluding carboxylic acids is 2. The predicted octanol–water partition coefficient (Wildman–Crippen LogP) is 4.68. The zero-order valence-electron chi connectivity index (χ0n) is 16.2. The summed E-state index contributed by atoms with van der Waals surface area (Å²) in [5, 5.41) is 9.04. The van der Waals surface area contributed by atoms with Crippen LogP contribution >= 0.6 is 23.4 Å². The normalized spacial score (nSPS) is 15.0. The van der Waals surface area contributed by atoms with Gasteiger partial charge in [0.05, 0.1) is 22.6 Å². The molecule has 7 nitrogen and oxygen atoms in total. The summed E-state index contributed by atoms with van der Waals surface area (Å²) in [4.78, 5) is 36.7. The number of likely N-dealkylation sites (N-methyl/N-ethyl adjacent to an activating group) is 1. The van der Waals surface area contributed by atoms with E-state index in [2.05, 4.69) is 0 Å². The van der Waals surface area contributed by atoms with Gasteiger partial charge in [0, 0.05) is 6.54 Å². The molecule has 0 aliphatic carbocycles. The van der Waals surface area contributed by atoms with Crippen LogP contribution in [0, 0.1) is 0 Å². The molecule has 2 aromatic rings. The van der Waals surface area contributed by atoms with Crippen LogP contribution in [0.3, 0.4) is 0 Å². The van der Waals surface area contributed by atoms with E-state index in [0.717, 1.165) is 16.7 Å². The lowest BCUT2D eigenvalue weighted by Crippen LogP contribution is -2.27. The number of carboxylic acid groups (broad SMARTS) is 1. The SMILES string of the molecule is CCN1C(=O)S/C(=C/c2cc(Cl)c(OCc3cccc(C(=O)O)c3)c(OC)c2)C1=O. The molecule has 0 bridgehead atoms. The van der Waals surface area contributed by atoms with E-state index in [0.29, 0.717) is 34.1 Å². The maximum absolute atomic E-state index is 12.3. The minimum atomic E-state index is -1.02. The molecule has 1 fully saturated rings. The van der Waals surface area contributed by atoms with Gasteiger partial charge in [0.1, 0.15) is 6.61 Å². The Hall–Kier alpha value is -2.97. The summed E-state index contributed by atoms with van der Waals surface area (Å²) in [6.07, 6.45) is 1.58. The number of ether oxygens (including phenoxy) is 2. The molecule has 1 N–H and O–H groups in total. The highest BCUT2D eigenvalue weighted by Crippen LogP contribution is 2.39. The molecule has 156 valence electrons. The number of hydrogen-bond acceptors (Lipinski definition) is 6. The standard InChI is InChI=1S/C21H18ClNO6S/c1-3-23-19(24)17(30-21(23)27)10-13-8-15(22)18(16(9-13)28-2)29-11-12-5-4-6-14(7-12)20(25)26/h4-10H,3,11H2,1-2H3,(H,25,26)/b17-10+. The number of benzene rings is 2. The van der Waals surface area contributed by atoms with Gasteiger partial charge in [0.25, 0.3) is 11.1 Å². The average molecular weight is 448 g/mol. The van der Waals surface area contributed by atoms with E-state index in [1.165, 1.54) is 19.2 Å². The molecule has 0 unspecified atom stereocenters. The number of hydrogen-bond donors (Lipinski definition) is 1. The molecule has 0 spiro atoms. The van der Waals surface area contributed by atoms with Crippen molar-refractivity contribution >= 4 is 46.6 Å². The lowest BCUT2D eigenvalue weighted by molar-refractivity contribution is -0.122. The zero-order valence-corrected chi connectivity index (χ0v) is 17.7. The zero-order chi connectivity index (χ0) is 21.8. The minimum Gasteiger partial charge on any atom is -0.493 e. The number of methoxy groups -OCH3 is 1. The first kappa shape index (κ1) is 21.7. The number of carboxylic acids is 1. The molecule has 1 aliphatic rings. The molecule has 0 radical (unpaired) electrons. The van der Waals surface area contributed by atoms with Gasteiger partial charge in [0.15, 0.2) is 11.5 Å². The maximum Gasteiger partial charge on any atom is 0.335 e. The molecule has 1 aliphatic heterocycles. The van der Waals surface area contributed by atoms with Crippen molar-refractivity contribution in [1.82, 2.24) is 4.90 Å². The van der Waals surface area contributed by atoms with Crippen molar-refractivity contribution in [2.45, 2.75) is 13.5 Å². The Morgan fingerprint density at radius 3 is 2.67 bits per heavy atom. The second-order valence-electron chi connectivity index (χ2n) is 6.25. The monoisotopic (exact) mass is 447 g/mol. The molecule has 0 saturated carbocycles. The largest absolute Gasteiger partial charge is 0.493 e. The molecule has 1 saturated heterocycles. The van der Waals surface area contributed by atoms with Crippen LogP contribution in [0.1, 0.15) is 28.4 Å². The van der Waals surface area contributed by atoms with Gasteiger partial charge in [-0.05, 0) is 60.2 Å². The Morgan fingerprint density at radius 1 is 1.27 bits per heavy atom. The molecular weight excluding hydrogens is 430 g/mol. The van der Waals surface area contributed by atoms with Gasteiger partial charge in [0.2, 0.25) is 0 Å². The molecule has 2 aromatic carbocycles. The summed E-state index contributed by atoms with van der Waals surface area (Å²) >= 11 is 7.24. The van der Waals surface area contributed by atoms with E-state index < -0.39 is 5.97 Å². The Labute approximate surface area is 182 Å². The summed E-state index contributed by atoms with van der Waals surface area (Å²) < 4.78 is 11.1. The Bertz CT molecular complexity index is 1050. The average Bonchev–Trinajstić information content (AvgIpc) is 2.99. The number of nitrogens with zero attached hydrogens (tertiary/aromatic N) is 1. The van der Waals surface area contributed by atoms with Crippen molar-refractivity contribution in [1.29, 1.82) is 0 Å². The predicted molar refractivity (Wildman–Crippen MR) is 114 cm³/mol. The van der Waals surface area contributed by atoms with Crippen LogP contribution in [0.5, 0.6) is 11.5 Å². The second kappa shape index (κ2) is 9.23. The molecular formula is C21H18ClNO6S. The summed E-state index contributed by atoms with van der Waals surface area (Å²) in [7, 11) is 1.46. The first-order valence-corrected chi connectivity index (χ1v) is 10.1. The quantitative estimate of drug-likeness (QED) is 0.616. The maximum atomic E-state index is 12.3. The third kappa shape index (κ3) is 4.60. The van der Waals surface area contributed by atoms with Crippen LogP contribution < -0.4 is 9.47 Å². The van der Waals surface area contributed by atoms with Crippen LogP contribution in [0.4, 0.5) is 4.79 Å². The van der Waals surface area contributed by atoms with Crippen molar-refractivity contribution in [3.05, 3.63) is 63.0 Å². The summed E-state index contributed by atoms with van der Waals surface area (Å²) in [5.41, 5.74) is 1.40. The number of imide groups is 1. The first-order chi connectivity index (χ1) is 14.3. The van der Waals surface area contributed by atoms with Crippen molar-refractivity contribution in [2.24, 2.45) is 0 Å². The molecule has 9 heteroatoms. The van der Waals surface area contributed by atoms with Gasteiger partial charge >= 0.3 is 5.97 Å². The van der Waals surface area contributed by atoms with E-state index in [1.807, 2.05) is 0 Å². The van der Waals surface area contributed by atoms with E-state index in [1.54, 1.807) is 37.3 Å². The fourth-order valence-electron chi connectivity index (χ4n) is 2.84. The highest BCUT2D eigenvalue weighted by molar-refractivity contribution is 8.18. The third-order valence-electron chi connectivity index (χ3n) is 4.30. The fourth-order valence-corrected chi connectivity index (χ4v) is 4.01. The summed E-state index contributed by atoms with van der Waals surface area (Å²) in [6, 6.07) is 9.63. The minimum absolute atomic E-state index is 0.0892. The van der Waals surface area contributed by atoms with Crippen LogP contribution in [0.15, 0.2) is 41.3 Å². The van der Waals surface area contributed by atoms with E-state index in [-0.39, 0.29) is 28.3 Å². The molecule has 0 atom stereocenters. The van der Waals surface area contributed by atoms with Gasteiger partial charge in [-0.25, -0.2) is 4.79 Å². The number of carbonyl (C=O) groups is 3. The Balaban J connectivity index is 1.84. The van der Waals surface area contributed by atoms with E-state index in [4.69, 9.17) is 26.2 Å². The number of amides is 2. The van der Waals surface area contributed by atoms with Gasteiger partial charge in [-0.1, -0.05) is 23.7 Å². The Kier molecular flexibility index (Phi) is 6.69. The van der Waals surface area contributed by atoms with Gasteiger partial charge in [-0.3, -0.25) is 14.5 Å². The smallest absolute Gasteiger partial charge is 0.335 e. The van der Waals surface area contributed by atoms with Crippen molar-refractivity contribution in [2.75, 3.05) is 13.7 Å². The van der Waals surface area contributed by atoms with Gasteiger partial charge in [-0.2, -0.15) is 0 Å². The molecule has 1 heterocycles. The summed E-state index contributed by atoms with van der Waals surface area (Å²) in [6.45, 7) is 2.13. The van der Waals surface area contributed by atoms with E-state index in [9.17, 15) is 14.4 Å². The highest BCUT2D eigenvalue weighted by atomic mass is 35.5. The van der Waals surface area contributed by atoms with Crippen LogP contribution in [-0.4, -0.2) is 40.8 Å². The lowest BCUT2D eigenvalue weighted by Gasteiger charge is -2.14. The second-order valence-corrected chi connectivity index (χ2v) is 7.65. The van der Waals surface area contributed by atoms with Crippen molar-refractivity contribution in [3.63, 3.8) is 0 Å². The van der Waals surface area contributed by atoms with Crippen molar-refractivity contribution < 1.29 is 29.0 Å². The number of rotatable bonds is 7. The number of aromatic carboxylic acids is 1. The summed E-state index contributed by atoms with van der Waals surface area (Å²) in [5.74, 6) is -0.734. The highest BCUT2D eigenvalue weighted by Gasteiger charge is 2.33. The fraction of sp³-hybridized carbons (Fsp3) is 0.190. The Morgan fingerprint density at radius 2 is 2.03 bits per heavy atom. The van der Waals surface area contributed by atoms with Crippen LogP contribution in [0.2, 0.25) is 5.02 Å². The number of halogens is 1. The third-order valence-corrected chi connectivity index (χ3v) is 5.48. The van der Waals surface area contributed by atoms with Crippen LogP contribution in [-0.2, 0) is 11.4 Å². The van der Waals surface area contributed by atoms with Crippen LogP contribution in [0.25, 0.3) is 6.08 Å². The molecule has 3 rings (SSSR count). The van der Waals surface area contributed by atoms with Crippen molar-refractivity contribution in [3.8, 4) is 11.5 Å². The molecule has 30 heavy (non-hydrogen) atoms. The first-order valence-electron chi connectivity index (χ1n) is 8.92. The lowest BCUT2D eigenvalue weighted by atomic mass is 10.1. The topological polar surface area (TPSA) is 93.1 Å².